The molecule has 2 rings (SSSR count). The molecule has 0 aliphatic carbocycles. The maximum Gasteiger partial charge on any atom is 0.338 e. The highest BCUT2D eigenvalue weighted by atomic mass is 16.5. The molecule has 0 radical (unpaired) electrons. The Kier molecular flexibility index (Phi) is 4.18. The van der Waals surface area contributed by atoms with Crippen LogP contribution in [0.1, 0.15) is 17.3 Å². The molecule has 2 aromatic rings. The first-order valence-electron chi connectivity index (χ1n) is 6.27. The number of nitrogens with two attached hydrogens (primary N) is 1. The van der Waals surface area contributed by atoms with Crippen molar-refractivity contribution in [2.45, 2.75) is 13.0 Å². The van der Waals surface area contributed by atoms with Gasteiger partial charge in [0.15, 0.2) is 6.10 Å². The van der Waals surface area contributed by atoms with Crippen LogP contribution in [0, 0.1) is 0 Å². The minimum atomic E-state index is -1.11. The van der Waals surface area contributed by atoms with E-state index in [1.54, 1.807) is 18.2 Å². The lowest BCUT2D eigenvalue weighted by Gasteiger charge is -2.12. The van der Waals surface area contributed by atoms with Crippen molar-refractivity contribution < 1.29 is 19.1 Å². The third kappa shape index (κ3) is 3.56. The molecule has 6 nitrogen and oxygen atoms in total. The van der Waals surface area contributed by atoms with Gasteiger partial charge in [0.2, 0.25) is 0 Å². The summed E-state index contributed by atoms with van der Waals surface area (Å²) in [6.07, 6.45) is -1.11. The second-order valence-corrected chi connectivity index (χ2v) is 4.46. The molecule has 3 N–H and O–H groups in total. The second kappa shape index (κ2) is 6.04. The largest absolute Gasteiger partial charge is 0.449 e. The number of rotatable bonds is 3. The molecule has 0 saturated carbocycles. The number of esters is 1. The molecule has 0 aliphatic heterocycles. The van der Waals surface area contributed by atoms with Gasteiger partial charge >= 0.3 is 12.0 Å². The van der Waals surface area contributed by atoms with Crippen molar-refractivity contribution in [3.05, 3.63) is 48.0 Å². The zero-order chi connectivity index (χ0) is 15.4. The molecule has 21 heavy (non-hydrogen) atoms. The van der Waals surface area contributed by atoms with E-state index in [1.807, 2.05) is 29.6 Å². The van der Waals surface area contributed by atoms with Crippen LogP contribution in [-0.4, -0.2) is 24.0 Å². The van der Waals surface area contributed by atoms with Crippen molar-refractivity contribution in [2.75, 3.05) is 0 Å². The highest BCUT2D eigenvalue weighted by molar-refractivity contribution is 5.99. The molecule has 0 fully saturated rings. The summed E-state index contributed by atoms with van der Waals surface area (Å²) in [7, 11) is 0. The Morgan fingerprint density at radius 2 is 1.76 bits per heavy atom. The average Bonchev–Trinajstić information content (AvgIpc) is 2.45. The molecular formula is C15H14N2O4. The standard InChI is InChI=1S/C15H14N2O4/c1-9(13(18)17-15(16)20)21-14(19)12-7-6-10-4-2-3-5-11(10)8-12/h2-9H,1H3,(H3,16,17,18,20)/t9-/m0/s1. The van der Waals surface area contributed by atoms with Crippen molar-refractivity contribution in [3.8, 4) is 0 Å². The Morgan fingerprint density at radius 3 is 2.43 bits per heavy atom. The molecule has 2 aromatic carbocycles. The first-order chi connectivity index (χ1) is 9.97. The average molecular weight is 286 g/mol. The summed E-state index contributed by atoms with van der Waals surface area (Å²) in [6.45, 7) is 1.36. The van der Waals surface area contributed by atoms with Crippen molar-refractivity contribution in [2.24, 2.45) is 5.73 Å². The van der Waals surface area contributed by atoms with E-state index in [4.69, 9.17) is 10.5 Å². The molecule has 0 heterocycles. The van der Waals surface area contributed by atoms with Gasteiger partial charge in [-0.15, -0.1) is 0 Å². The summed E-state index contributed by atoms with van der Waals surface area (Å²) >= 11 is 0. The van der Waals surface area contributed by atoms with Crippen LogP contribution in [0.15, 0.2) is 42.5 Å². The van der Waals surface area contributed by atoms with Gasteiger partial charge in [-0.05, 0) is 29.8 Å². The van der Waals surface area contributed by atoms with E-state index in [9.17, 15) is 14.4 Å². The summed E-state index contributed by atoms with van der Waals surface area (Å²) in [6, 6.07) is 11.6. The van der Waals surface area contributed by atoms with Crippen LogP contribution in [0.5, 0.6) is 0 Å². The van der Waals surface area contributed by atoms with Crippen LogP contribution in [-0.2, 0) is 9.53 Å². The van der Waals surface area contributed by atoms with Gasteiger partial charge < -0.3 is 10.5 Å². The van der Waals surface area contributed by atoms with Gasteiger partial charge in [-0.2, -0.15) is 0 Å². The fourth-order valence-corrected chi connectivity index (χ4v) is 1.82. The lowest BCUT2D eigenvalue weighted by atomic mass is 10.1. The van der Waals surface area contributed by atoms with Gasteiger partial charge in [0.25, 0.3) is 5.91 Å². The van der Waals surface area contributed by atoms with Crippen molar-refractivity contribution in [1.82, 2.24) is 5.32 Å². The zero-order valence-corrected chi connectivity index (χ0v) is 11.3. The quantitative estimate of drug-likeness (QED) is 0.837. The number of benzene rings is 2. The maximum absolute atomic E-state index is 12.0. The third-order valence-electron chi connectivity index (χ3n) is 2.88. The Balaban J connectivity index is 2.11. The Hall–Kier alpha value is -2.89. The number of amides is 3. The molecule has 0 saturated heterocycles. The van der Waals surface area contributed by atoms with Crippen molar-refractivity contribution in [3.63, 3.8) is 0 Å². The van der Waals surface area contributed by atoms with E-state index in [-0.39, 0.29) is 0 Å². The topological polar surface area (TPSA) is 98.5 Å². The molecule has 0 bridgehead atoms. The van der Waals surface area contributed by atoms with Crippen LogP contribution in [0.4, 0.5) is 4.79 Å². The predicted molar refractivity (Wildman–Crippen MR) is 76.6 cm³/mol. The molecule has 0 aromatic heterocycles. The normalized spacial score (nSPS) is 11.7. The molecule has 0 unspecified atom stereocenters. The van der Waals surface area contributed by atoms with E-state index in [2.05, 4.69) is 0 Å². The smallest absolute Gasteiger partial charge is 0.338 e. The molecular weight excluding hydrogens is 272 g/mol. The molecule has 0 aliphatic rings. The summed E-state index contributed by atoms with van der Waals surface area (Å²) in [5.41, 5.74) is 5.15. The van der Waals surface area contributed by atoms with Crippen LogP contribution >= 0.6 is 0 Å². The molecule has 6 heteroatoms. The first-order valence-corrected chi connectivity index (χ1v) is 6.27. The fourth-order valence-electron chi connectivity index (χ4n) is 1.82. The fraction of sp³-hybridized carbons (Fsp3) is 0.133. The van der Waals surface area contributed by atoms with E-state index >= 15 is 0 Å². The van der Waals surface area contributed by atoms with Gasteiger partial charge in [-0.1, -0.05) is 30.3 Å². The number of imide groups is 1. The number of carbonyl (C=O) groups excluding carboxylic acids is 3. The number of fused-ring (bicyclic) bond motifs is 1. The second-order valence-electron chi connectivity index (χ2n) is 4.46. The Morgan fingerprint density at radius 1 is 1.10 bits per heavy atom. The number of hydrogen-bond acceptors (Lipinski definition) is 4. The van der Waals surface area contributed by atoms with Gasteiger partial charge in [0.05, 0.1) is 5.56 Å². The number of ether oxygens (including phenoxy) is 1. The lowest BCUT2D eigenvalue weighted by Crippen LogP contribution is -2.42. The lowest BCUT2D eigenvalue weighted by molar-refractivity contribution is -0.127. The van der Waals surface area contributed by atoms with Crippen LogP contribution in [0.25, 0.3) is 10.8 Å². The Bertz CT molecular complexity index is 712. The Labute approximate surface area is 120 Å². The van der Waals surface area contributed by atoms with Gasteiger partial charge in [-0.25, -0.2) is 9.59 Å². The third-order valence-corrected chi connectivity index (χ3v) is 2.88. The number of carbonyl (C=O) groups is 3. The first kappa shape index (κ1) is 14.5. The molecule has 3 amide bonds. The zero-order valence-electron chi connectivity index (χ0n) is 11.3. The van der Waals surface area contributed by atoms with E-state index in [0.29, 0.717) is 5.56 Å². The number of nitrogens with one attached hydrogen (secondary N) is 1. The molecule has 108 valence electrons. The highest BCUT2D eigenvalue weighted by Gasteiger charge is 2.20. The summed E-state index contributed by atoms with van der Waals surface area (Å²) in [4.78, 5) is 34.0. The number of hydrogen-bond donors (Lipinski definition) is 2. The highest BCUT2D eigenvalue weighted by Crippen LogP contribution is 2.16. The minimum Gasteiger partial charge on any atom is -0.449 e. The molecule has 0 spiro atoms. The van der Waals surface area contributed by atoms with Gasteiger partial charge in [0.1, 0.15) is 0 Å². The summed E-state index contributed by atoms with van der Waals surface area (Å²) < 4.78 is 4.99. The molecule has 1 atom stereocenters. The SMILES string of the molecule is C[C@H](OC(=O)c1ccc2ccccc2c1)C(=O)NC(N)=O. The van der Waals surface area contributed by atoms with Crippen molar-refractivity contribution >= 4 is 28.7 Å². The summed E-state index contributed by atoms with van der Waals surface area (Å²) in [5.74, 6) is -1.41. The predicted octanol–water partition coefficient (Wildman–Crippen LogP) is 1.58. The number of primary amides is 1. The van der Waals surface area contributed by atoms with Crippen LogP contribution < -0.4 is 11.1 Å². The van der Waals surface area contributed by atoms with E-state index < -0.39 is 24.0 Å². The van der Waals surface area contributed by atoms with E-state index in [1.165, 1.54) is 6.92 Å². The van der Waals surface area contributed by atoms with E-state index in [0.717, 1.165) is 10.8 Å². The van der Waals surface area contributed by atoms with Crippen molar-refractivity contribution in [1.29, 1.82) is 0 Å². The van der Waals surface area contributed by atoms with Gasteiger partial charge in [0, 0.05) is 0 Å². The number of urea groups is 1. The summed E-state index contributed by atoms with van der Waals surface area (Å²) in [5, 5.41) is 3.74. The maximum atomic E-state index is 12.0. The van der Waals surface area contributed by atoms with Crippen LogP contribution in [0.2, 0.25) is 0 Å². The monoisotopic (exact) mass is 286 g/mol. The van der Waals surface area contributed by atoms with Gasteiger partial charge in [-0.3, -0.25) is 10.1 Å². The van der Waals surface area contributed by atoms with Crippen LogP contribution in [0.3, 0.4) is 0 Å². The minimum absolute atomic E-state index is 0.326.